The molecule has 0 spiro atoms. The summed E-state index contributed by atoms with van der Waals surface area (Å²) in [6.07, 6.45) is 1.24. The molecule has 1 atom stereocenters. The van der Waals surface area contributed by atoms with E-state index >= 15 is 0 Å². The van der Waals surface area contributed by atoms with Gasteiger partial charge in [-0.05, 0) is 54.3 Å². The minimum absolute atomic E-state index is 0.0544. The Morgan fingerprint density at radius 1 is 1.16 bits per heavy atom. The first-order valence-corrected chi connectivity index (χ1v) is 12.0. The Bertz CT molecular complexity index is 927. The molecule has 2 heterocycles. The van der Waals surface area contributed by atoms with Crippen molar-refractivity contribution in [1.82, 2.24) is 15.5 Å². The molecule has 172 valence electrons. The van der Waals surface area contributed by atoms with Crippen LogP contribution in [0.4, 0.5) is 10.5 Å². The number of urea groups is 1. The van der Waals surface area contributed by atoms with Gasteiger partial charge in [-0.1, -0.05) is 37.6 Å². The number of halogens is 1. The van der Waals surface area contributed by atoms with E-state index in [1.165, 1.54) is 11.3 Å². The Morgan fingerprint density at radius 3 is 2.53 bits per heavy atom. The van der Waals surface area contributed by atoms with Crippen molar-refractivity contribution >= 4 is 46.5 Å². The van der Waals surface area contributed by atoms with Crippen molar-refractivity contribution in [1.29, 1.82) is 0 Å². The lowest BCUT2D eigenvalue weighted by atomic mass is 9.88. The number of amides is 4. The van der Waals surface area contributed by atoms with Crippen LogP contribution in [-0.4, -0.2) is 48.4 Å². The van der Waals surface area contributed by atoms with E-state index in [4.69, 9.17) is 11.6 Å². The molecule has 0 radical (unpaired) electrons. The van der Waals surface area contributed by atoms with Gasteiger partial charge in [0.1, 0.15) is 6.04 Å². The maximum Gasteiger partial charge on any atom is 0.321 e. The Hall–Kier alpha value is -2.58. The number of benzene rings is 1. The van der Waals surface area contributed by atoms with Crippen LogP contribution in [0.2, 0.25) is 5.02 Å². The van der Waals surface area contributed by atoms with Gasteiger partial charge in [0.25, 0.3) is 5.91 Å². The van der Waals surface area contributed by atoms with Crippen molar-refractivity contribution in [3.8, 4) is 0 Å². The van der Waals surface area contributed by atoms with Crippen LogP contribution in [0.15, 0.2) is 41.8 Å². The molecule has 1 fully saturated rings. The topological polar surface area (TPSA) is 90.5 Å². The maximum absolute atomic E-state index is 12.9. The standard InChI is InChI=1S/C23H29ClN4O3S/c1-15(2)14-25-22(30)20(27-21(29)19-7-4-12-32-19)16-8-10-28(11-9-16)23(31)26-18-6-3-5-17(24)13-18/h3-7,12-13,15-16,20H,8-11,14H2,1-2H3,(H,25,30)(H,26,31)(H,27,29)/t20-/m0/s1. The molecule has 3 N–H and O–H groups in total. The van der Waals surface area contributed by atoms with Crippen molar-refractivity contribution in [2.45, 2.75) is 32.7 Å². The Balaban J connectivity index is 1.61. The number of hydrogen-bond donors (Lipinski definition) is 3. The lowest BCUT2D eigenvalue weighted by molar-refractivity contribution is -0.124. The highest BCUT2D eigenvalue weighted by Gasteiger charge is 2.34. The van der Waals surface area contributed by atoms with Crippen LogP contribution in [0.5, 0.6) is 0 Å². The average Bonchev–Trinajstić information content (AvgIpc) is 3.31. The highest BCUT2D eigenvalue weighted by atomic mass is 35.5. The summed E-state index contributed by atoms with van der Waals surface area (Å²) in [5, 5.41) is 11.1. The molecule has 4 amide bonds. The second-order valence-corrected chi connectivity index (χ2v) is 9.72. The number of likely N-dealkylation sites (tertiary alicyclic amines) is 1. The third kappa shape index (κ3) is 6.71. The summed E-state index contributed by atoms with van der Waals surface area (Å²) < 4.78 is 0. The second kappa shape index (κ2) is 11.3. The fourth-order valence-corrected chi connectivity index (χ4v) is 4.45. The van der Waals surface area contributed by atoms with Crippen LogP contribution in [0.25, 0.3) is 0 Å². The van der Waals surface area contributed by atoms with Gasteiger partial charge >= 0.3 is 6.03 Å². The smallest absolute Gasteiger partial charge is 0.321 e. The van der Waals surface area contributed by atoms with Crippen LogP contribution in [0, 0.1) is 11.8 Å². The number of thiophene rings is 1. The molecule has 1 aliphatic rings. The van der Waals surface area contributed by atoms with Crippen molar-refractivity contribution in [3.05, 3.63) is 51.7 Å². The zero-order chi connectivity index (χ0) is 23.1. The fourth-order valence-electron chi connectivity index (χ4n) is 3.64. The van der Waals surface area contributed by atoms with Gasteiger partial charge in [0.15, 0.2) is 0 Å². The van der Waals surface area contributed by atoms with E-state index in [2.05, 4.69) is 16.0 Å². The van der Waals surface area contributed by atoms with Crippen LogP contribution in [0.3, 0.4) is 0 Å². The van der Waals surface area contributed by atoms with E-state index in [1.807, 2.05) is 25.3 Å². The number of rotatable bonds is 7. The molecule has 9 heteroatoms. The summed E-state index contributed by atoms with van der Waals surface area (Å²) in [7, 11) is 0. The number of carbonyl (C=O) groups is 3. The normalized spacial score (nSPS) is 15.3. The molecule has 32 heavy (non-hydrogen) atoms. The summed E-state index contributed by atoms with van der Waals surface area (Å²) in [6, 6.07) is 9.72. The first kappa shape index (κ1) is 24.1. The molecule has 1 aromatic carbocycles. The van der Waals surface area contributed by atoms with E-state index in [9.17, 15) is 14.4 Å². The quantitative estimate of drug-likeness (QED) is 0.559. The van der Waals surface area contributed by atoms with Gasteiger partial charge in [-0.15, -0.1) is 11.3 Å². The lowest BCUT2D eigenvalue weighted by Crippen LogP contribution is -2.54. The van der Waals surface area contributed by atoms with Gasteiger partial charge in [0.05, 0.1) is 4.88 Å². The van der Waals surface area contributed by atoms with Gasteiger partial charge in [0, 0.05) is 30.3 Å². The van der Waals surface area contributed by atoms with Gasteiger partial charge < -0.3 is 20.9 Å². The average molecular weight is 477 g/mol. The summed E-state index contributed by atoms with van der Waals surface area (Å²) in [4.78, 5) is 40.5. The van der Waals surface area contributed by atoms with Crippen molar-refractivity contribution in [2.24, 2.45) is 11.8 Å². The van der Waals surface area contributed by atoms with Crippen LogP contribution < -0.4 is 16.0 Å². The molecule has 1 aliphatic heterocycles. The van der Waals surface area contributed by atoms with Gasteiger partial charge in [-0.3, -0.25) is 9.59 Å². The molecule has 0 saturated carbocycles. The number of piperidine rings is 1. The summed E-state index contributed by atoms with van der Waals surface area (Å²) in [5.74, 6) is -0.165. The number of nitrogens with one attached hydrogen (secondary N) is 3. The van der Waals surface area contributed by atoms with E-state index in [-0.39, 0.29) is 23.8 Å². The molecule has 3 rings (SSSR count). The van der Waals surface area contributed by atoms with Crippen molar-refractivity contribution in [3.63, 3.8) is 0 Å². The van der Waals surface area contributed by atoms with Gasteiger partial charge in [-0.25, -0.2) is 4.79 Å². The van der Waals surface area contributed by atoms with E-state index in [1.54, 1.807) is 35.2 Å². The maximum atomic E-state index is 12.9. The Labute approximate surface area is 197 Å². The molecule has 0 bridgehead atoms. The first-order chi connectivity index (χ1) is 15.3. The lowest BCUT2D eigenvalue weighted by Gasteiger charge is -2.35. The van der Waals surface area contributed by atoms with Gasteiger partial charge in [-0.2, -0.15) is 0 Å². The van der Waals surface area contributed by atoms with Crippen LogP contribution >= 0.6 is 22.9 Å². The zero-order valence-corrected chi connectivity index (χ0v) is 19.8. The van der Waals surface area contributed by atoms with Crippen LogP contribution in [0.1, 0.15) is 36.4 Å². The summed E-state index contributed by atoms with van der Waals surface area (Å²) >= 11 is 7.33. The summed E-state index contributed by atoms with van der Waals surface area (Å²) in [6.45, 7) is 5.60. The largest absolute Gasteiger partial charge is 0.354 e. The van der Waals surface area contributed by atoms with Gasteiger partial charge in [0.2, 0.25) is 5.91 Å². The number of hydrogen-bond acceptors (Lipinski definition) is 4. The van der Waals surface area contributed by atoms with Crippen LogP contribution in [-0.2, 0) is 4.79 Å². The molecule has 1 saturated heterocycles. The van der Waals surface area contributed by atoms with Crippen molar-refractivity contribution in [2.75, 3.05) is 25.0 Å². The van der Waals surface area contributed by atoms with E-state index in [0.717, 1.165) is 0 Å². The predicted molar refractivity (Wildman–Crippen MR) is 128 cm³/mol. The third-order valence-corrected chi connectivity index (χ3v) is 6.48. The Kier molecular flexibility index (Phi) is 8.53. The highest BCUT2D eigenvalue weighted by Crippen LogP contribution is 2.23. The number of nitrogens with zero attached hydrogens (tertiary/aromatic N) is 1. The fraction of sp³-hybridized carbons (Fsp3) is 0.435. The molecule has 2 aromatic rings. The first-order valence-electron chi connectivity index (χ1n) is 10.8. The zero-order valence-electron chi connectivity index (χ0n) is 18.3. The molecule has 0 unspecified atom stereocenters. The summed E-state index contributed by atoms with van der Waals surface area (Å²) in [5.41, 5.74) is 0.638. The second-order valence-electron chi connectivity index (χ2n) is 8.33. The molecule has 7 nitrogen and oxygen atoms in total. The van der Waals surface area contributed by atoms with E-state index in [0.29, 0.717) is 54.0 Å². The molecule has 1 aromatic heterocycles. The number of carbonyl (C=O) groups excluding carboxylic acids is 3. The minimum Gasteiger partial charge on any atom is -0.354 e. The molecular weight excluding hydrogens is 448 g/mol. The Morgan fingerprint density at radius 2 is 1.91 bits per heavy atom. The number of anilines is 1. The monoisotopic (exact) mass is 476 g/mol. The molecular formula is C23H29ClN4O3S. The molecule has 0 aliphatic carbocycles. The highest BCUT2D eigenvalue weighted by molar-refractivity contribution is 7.12. The minimum atomic E-state index is -0.638. The van der Waals surface area contributed by atoms with Crippen molar-refractivity contribution < 1.29 is 14.4 Å². The predicted octanol–water partition coefficient (Wildman–Crippen LogP) is 4.22. The van der Waals surface area contributed by atoms with E-state index < -0.39 is 6.04 Å². The SMILES string of the molecule is CC(C)CNC(=O)[C@@H](NC(=O)c1cccs1)C1CCN(C(=O)Nc2cccc(Cl)c2)CC1. The third-order valence-electron chi connectivity index (χ3n) is 5.37.